The lowest BCUT2D eigenvalue weighted by atomic mass is 9.85. The zero-order valence-corrected chi connectivity index (χ0v) is 31.7. The monoisotopic (exact) mass is 739 g/mol. The van der Waals surface area contributed by atoms with Crippen molar-refractivity contribution >= 4 is 65.4 Å². The summed E-state index contributed by atoms with van der Waals surface area (Å²) in [6.07, 6.45) is 0. The first-order valence-corrected chi connectivity index (χ1v) is 20.1. The van der Waals surface area contributed by atoms with E-state index in [2.05, 4.69) is 232 Å². The molecule has 0 unspecified atom stereocenters. The van der Waals surface area contributed by atoms with Crippen LogP contribution in [0.1, 0.15) is 22.6 Å². The zero-order valence-electron chi connectivity index (χ0n) is 31.7. The molecule has 0 saturated carbocycles. The molecule has 0 aliphatic heterocycles. The predicted molar refractivity (Wildman–Crippen MR) is 243 cm³/mol. The van der Waals surface area contributed by atoms with Crippen LogP contribution in [0.4, 0.5) is 0 Å². The summed E-state index contributed by atoms with van der Waals surface area (Å²) in [5.74, 6) is 0.0200. The lowest BCUT2D eigenvalue weighted by molar-refractivity contribution is 0.970. The number of hydrogen-bond donors (Lipinski definition) is 0. The highest BCUT2D eigenvalue weighted by atomic mass is 15.0. The SMILES string of the molecule is c1ccc2c(c1)c1ccccc1n2-c1ccc(C(c2ccc(-n3c4ccccc4c4ccccc43)cc2)c2ccc(-n3c4ccccc4c4ccccc43)cc2)cc1. The number of aromatic nitrogens is 3. The van der Waals surface area contributed by atoms with Crippen LogP contribution in [0.15, 0.2) is 218 Å². The van der Waals surface area contributed by atoms with Crippen LogP contribution in [-0.4, -0.2) is 13.7 Å². The fourth-order valence-corrected chi connectivity index (χ4v) is 9.63. The second-order valence-corrected chi connectivity index (χ2v) is 15.3. The second kappa shape index (κ2) is 13.0. The van der Waals surface area contributed by atoms with E-state index in [0.29, 0.717) is 0 Å². The van der Waals surface area contributed by atoms with Crippen LogP contribution < -0.4 is 0 Å². The summed E-state index contributed by atoms with van der Waals surface area (Å²) in [4.78, 5) is 0. The van der Waals surface area contributed by atoms with Crippen LogP contribution in [0.5, 0.6) is 0 Å². The summed E-state index contributed by atoms with van der Waals surface area (Å²) < 4.78 is 7.18. The molecular weight excluding hydrogens is 703 g/mol. The van der Waals surface area contributed by atoms with Crippen molar-refractivity contribution in [2.75, 3.05) is 0 Å². The predicted octanol–water partition coefficient (Wildman–Crippen LogP) is 14.2. The van der Waals surface area contributed by atoms with Crippen molar-refractivity contribution in [1.29, 1.82) is 0 Å². The average molecular weight is 740 g/mol. The van der Waals surface area contributed by atoms with Gasteiger partial charge in [-0.2, -0.15) is 0 Å². The Morgan fingerprint density at radius 3 is 0.603 bits per heavy atom. The molecule has 272 valence electrons. The molecule has 9 aromatic carbocycles. The van der Waals surface area contributed by atoms with Gasteiger partial charge in [0.05, 0.1) is 33.1 Å². The van der Waals surface area contributed by atoms with Crippen molar-refractivity contribution in [3.63, 3.8) is 0 Å². The van der Waals surface area contributed by atoms with Crippen LogP contribution in [0.2, 0.25) is 0 Å². The minimum absolute atomic E-state index is 0.0200. The van der Waals surface area contributed by atoms with Gasteiger partial charge < -0.3 is 13.7 Å². The maximum atomic E-state index is 2.39. The van der Waals surface area contributed by atoms with E-state index in [1.54, 1.807) is 0 Å². The quantitative estimate of drug-likeness (QED) is 0.151. The molecule has 0 aliphatic carbocycles. The molecule has 58 heavy (non-hydrogen) atoms. The van der Waals surface area contributed by atoms with Gasteiger partial charge in [0.2, 0.25) is 0 Å². The summed E-state index contributed by atoms with van der Waals surface area (Å²) in [6, 6.07) is 80.0. The minimum atomic E-state index is 0.0200. The van der Waals surface area contributed by atoms with Crippen molar-refractivity contribution in [2.24, 2.45) is 0 Å². The molecule has 0 radical (unpaired) electrons. The third-order valence-electron chi connectivity index (χ3n) is 12.2. The zero-order chi connectivity index (χ0) is 38.2. The van der Waals surface area contributed by atoms with Gasteiger partial charge in [0.15, 0.2) is 0 Å². The fourth-order valence-electron chi connectivity index (χ4n) is 9.63. The van der Waals surface area contributed by atoms with E-state index in [4.69, 9.17) is 0 Å². The van der Waals surface area contributed by atoms with Gasteiger partial charge in [-0.05, 0) is 89.5 Å². The molecule has 0 fully saturated rings. The average Bonchev–Trinajstić information content (AvgIpc) is 3.93. The first-order valence-electron chi connectivity index (χ1n) is 20.1. The van der Waals surface area contributed by atoms with E-state index in [1.807, 2.05) is 0 Å². The van der Waals surface area contributed by atoms with Crippen LogP contribution in [-0.2, 0) is 0 Å². The molecule has 0 bridgehead atoms. The Labute approximate surface area is 335 Å². The number of nitrogens with zero attached hydrogens (tertiary/aromatic N) is 3. The first kappa shape index (κ1) is 32.6. The molecule has 3 heteroatoms. The number of hydrogen-bond acceptors (Lipinski definition) is 0. The molecule has 0 amide bonds. The molecule has 0 atom stereocenters. The summed E-state index contributed by atoms with van der Waals surface area (Å²) in [5.41, 5.74) is 14.5. The van der Waals surface area contributed by atoms with E-state index in [-0.39, 0.29) is 5.92 Å². The van der Waals surface area contributed by atoms with Crippen molar-refractivity contribution < 1.29 is 0 Å². The molecular formula is C55H37N3. The van der Waals surface area contributed by atoms with Crippen molar-refractivity contribution in [3.05, 3.63) is 235 Å². The number of rotatable bonds is 6. The van der Waals surface area contributed by atoms with Gasteiger partial charge in [-0.1, -0.05) is 146 Å². The van der Waals surface area contributed by atoms with Crippen LogP contribution in [0.3, 0.4) is 0 Å². The summed E-state index contributed by atoms with van der Waals surface area (Å²) in [6.45, 7) is 0. The second-order valence-electron chi connectivity index (χ2n) is 15.3. The molecule has 12 rings (SSSR count). The van der Waals surface area contributed by atoms with Crippen molar-refractivity contribution in [2.45, 2.75) is 5.92 Å². The number of fused-ring (bicyclic) bond motifs is 9. The standard InChI is InChI=1S/C55H37N3/c1-7-19-49-43(13-1)44-14-2-8-20-50(44)56(49)40-31-25-37(26-32-40)55(38-27-33-41(34-28-38)57-51-21-9-3-15-45(51)46-16-4-10-22-52(46)57)39-29-35-42(36-30-39)58-53-23-11-5-17-47(53)48-18-6-12-24-54(48)58/h1-36,55H. The van der Waals surface area contributed by atoms with Gasteiger partial charge >= 0.3 is 0 Å². The Bertz CT molecular complexity index is 2950. The summed E-state index contributed by atoms with van der Waals surface area (Å²) >= 11 is 0. The van der Waals surface area contributed by atoms with Gasteiger partial charge in [0.1, 0.15) is 0 Å². The molecule has 3 heterocycles. The maximum Gasteiger partial charge on any atom is 0.0541 e. The highest BCUT2D eigenvalue weighted by molar-refractivity contribution is 6.11. The summed E-state index contributed by atoms with van der Waals surface area (Å²) in [7, 11) is 0. The van der Waals surface area contributed by atoms with Crippen LogP contribution in [0, 0.1) is 0 Å². The summed E-state index contributed by atoms with van der Waals surface area (Å²) in [5, 5.41) is 7.62. The molecule has 3 nitrogen and oxygen atoms in total. The Morgan fingerprint density at radius 2 is 0.397 bits per heavy atom. The normalized spacial score (nSPS) is 11.9. The largest absolute Gasteiger partial charge is 0.309 e. The van der Waals surface area contributed by atoms with Gasteiger partial charge in [0, 0.05) is 55.3 Å². The Balaban J connectivity index is 0.996. The Hall–Kier alpha value is -7.62. The van der Waals surface area contributed by atoms with E-state index < -0.39 is 0 Å². The van der Waals surface area contributed by atoms with Gasteiger partial charge in [0.25, 0.3) is 0 Å². The van der Waals surface area contributed by atoms with Crippen LogP contribution in [0.25, 0.3) is 82.5 Å². The molecule has 12 aromatic rings. The number of para-hydroxylation sites is 6. The lowest BCUT2D eigenvalue weighted by Crippen LogP contribution is -2.05. The first-order chi connectivity index (χ1) is 28.8. The lowest BCUT2D eigenvalue weighted by Gasteiger charge is -2.21. The maximum absolute atomic E-state index is 2.39. The molecule has 0 aliphatic rings. The van der Waals surface area contributed by atoms with Gasteiger partial charge in [-0.25, -0.2) is 0 Å². The van der Waals surface area contributed by atoms with Gasteiger partial charge in [-0.15, -0.1) is 0 Å². The molecule has 0 N–H and O–H groups in total. The van der Waals surface area contributed by atoms with Gasteiger partial charge in [-0.3, -0.25) is 0 Å². The van der Waals surface area contributed by atoms with E-state index in [1.165, 1.54) is 82.1 Å². The van der Waals surface area contributed by atoms with E-state index in [9.17, 15) is 0 Å². The number of benzene rings is 9. The van der Waals surface area contributed by atoms with Crippen LogP contribution >= 0.6 is 0 Å². The van der Waals surface area contributed by atoms with Crippen molar-refractivity contribution in [3.8, 4) is 17.1 Å². The molecule has 3 aromatic heterocycles. The highest BCUT2D eigenvalue weighted by Gasteiger charge is 2.20. The topological polar surface area (TPSA) is 14.8 Å². The fraction of sp³-hybridized carbons (Fsp3) is 0.0182. The smallest absolute Gasteiger partial charge is 0.0541 e. The van der Waals surface area contributed by atoms with E-state index >= 15 is 0 Å². The van der Waals surface area contributed by atoms with E-state index in [0.717, 1.165) is 17.1 Å². The molecule has 0 spiro atoms. The third-order valence-corrected chi connectivity index (χ3v) is 12.2. The minimum Gasteiger partial charge on any atom is -0.309 e. The Kier molecular flexibility index (Phi) is 7.29. The highest BCUT2D eigenvalue weighted by Crippen LogP contribution is 2.38. The van der Waals surface area contributed by atoms with Crippen molar-refractivity contribution in [1.82, 2.24) is 13.7 Å². The Morgan fingerprint density at radius 1 is 0.207 bits per heavy atom. The third kappa shape index (κ3) is 4.93. The molecule has 0 saturated heterocycles.